The number of carbonyl (C=O) groups excluding carboxylic acids is 1. The molecule has 3 aromatic rings. The lowest BCUT2D eigenvalue weighted by atomic mass is 10.00. The zero-order chi connectivity index (χ0) is 20.7. The maximum absolute atomic E-state index is 13.0. The van der Waals surface area contributed by atoms with Crippen molar-refractivity contribution >= 4 is 38.2 Å². The summed E-state index contributed by atoms with van der Waals surface area (Å²) >= 11 is 5.25. The summed E-state index contributed by atoms with van der Waals surface area (Å²) in [6, 6.07) is 16.4. The molecule has 0 saturated carbocycles. The van der Waals surface area contributed by atoms with Crippen LogP contribution in [-0.2, 0) is 19.5 Å². The molecule has 1 atom stereocenters. The zero-order valence-electron chi connectivity index (χ0n) is 16.6. The second-order valence-electron chi connectivity index (χ2n) is 7.60. The van der Waals surface area contributed by atoms with Crippen molar-refractivity contribution in [2.24, 2.45) is 0 Å². The minimum Gasteiger partial charge on any atom is -0.496 e. The molecule has 3 heterocycles. The van der Waals surface area contributed by atoms with Crippen LogP contribution in [-0.4, -0.2) is 24.5 Å². The van der Waals surface area contributed by atoms with Gasteiger partial charge in [0.1, 0.15) is 16.9 Å². The second kappa shape index (κ2) is 8.06. The van der Waals surface area contributed by atoms with Gasteiger partial charge >= 0.3 is 0 Å². The lowest BCUT2D eigenvalue weighted by Crippen LogP contribution is -2.38. The van der Waals surface area contributed by atoms with E-state index in [1.807, 2.05) is 24.3 Å². The highest BCUT2D eigenvalue weighted by Crippen LogP contribution is 2.41. The number of carbonyl (C=O) groups is 1. The number of anilines is 1. The number of nitrogens with zero attached hydrogens (tertiary/aromatic N) is 1. The third kappa shape index (κ3) is 3.62. The molecular weight excluding hydrogens is 462 g/mol. The van der Waals surface area contributed by atoms with Gasteiger partial charge in [-0.1, -0.05) is 36.4 Å². The fourth-order valence-corrected chi connectivity index (χ4v) is 6.05. The molecule has 0 fully saturated rings. The number of nitrogens with one attached hydrogen (secondary N) is 2. The Morgan fingerprint density at radius 2 is 2.03 bits per heavy atom. The van der Waals surface area contributed by atoms with Gasteiger partial charge in [-0.3, -0.25) is 9.69 Å². The molecule has 0 saturated heterocycles. The molecule has 7 heteroatoms. The molecule has 1 aromatic heterocycles. The van der Waals surface area contributed by atoms with Crippen LogP contribution in [0, 0.1) is 0 Å². The summed E-state index contributed by atoms with van der Waals surface area (Å²) < 4.78 is 6.18. The zero-order valence-corrected chi connectivity index (χ0v) is 19.0. The van der Waals surface area contributed by atoms with E-state index in [4.69, 9.17) is 4.74 Å². The van der Waals surface area contributed by atoms with Gasteiger partial charge in [-0.05, 0) is 51.2 Å². The van der Waals surface area contributed by atoms with Gasteiger partial charge < -0.3 is 15.4 Å². The Bertz CT molecular complexity index is 1100. The third-order valence-electron chi connectivity index (χ3n) is 5.67. The Morgan fingerprint density at radius 3 is 2.80 bits per heavy atom. The van der Waals surface area contributed by atoms with Crippen molar-refractivity contribution in [3.63, 3.8) is 0 Å². The molecule has 30 heavy (non-hydrogen) atoms. The SMILES string of the molecule is COc1ccc([C@@H]2NC(=O)c3c(sc4c3CCN(Cc3ccccc3)C4)N2)cc1Br. The van der Waals surface area contributed by atoms with Crippen LogP contribution in [0.3, 0.4) is 0 Å². The Labute approximate surface area is 188 Å². The topological polar surface area (TPSA) is 53.6 Å². The Balaban J connectivity index is 1.37. The van der Waals surface area contributed by atoms with Gasteiger partial charge in [-0.25, -0.2) is 0 Å². The summed E-state index contributed by atoms with van der Waals surface area (Å²) in [6.45, 7) is 2.79. The monoisotopic (exact) mass is 483 g/mol. The van der Waals surface area contributed by atoms with Crippen LogP contribution in [0.15, 0.2) is 53.0 Å². The highest BCUT2D eigenvalue weighted by molar-refractivity contribution is 9.10. The van der Waals surface area contributed by atoms with Crippen molar-refractivity contribution in [3.05, 3.63) is 80.1 Å². The van der Waals surface area contributed by atoms with Gasteiger partial charge in [0.05, 0.1) is 17.1 Å². The minimum absolute atomic E-state index is 0.00898. The van der Waals surface area contributed by atoms with Gasteiger partial charge in [-0.2, -0.15) is 0 Å². The highest BCUT2D eigenvalue weighted by atomic mass is 79.9. The highest BCUT2D eigenvalue weighted by Gasteiger charge is 2.33. The van der Waals surface area contributed by atoms with Crippen molar-refractivity contribution in [2.75, 3.05) is 19.0 Å². The maximum Gasteiger partial charge on any atom is 0.256 e. The summed E-state index contributed by atoms with van der Waals surface area (Å²) in [6.07, 6.45) is 0.648. The number of rotatable bonds is 4. The second-order valence-corrected chi connectivity index (χ2v) is 9.56. The van der Waals surface area contributed by atoms with Crippen molar-refractivity contribution in [1.82, 2.24) is 10.2 Å². The molecule has 0 unspecified atom stereocenters. The molecule has 0 spiro atoms. The quantitative estimate of drug-likeness (QED) is 0.552. The Kier molecular flexibility index (Phi) is 5.26. The number of fused-ring (bicyclic) bond motifs is 3. The van der Waals surface area contributed by atoms with Crippen LogP contribution in [0.25, 0.3) is 0 Å². The van der Waals surface area contributed by atoms with E-state index in [0.717, 1.165) is 52.4 Å². The van der Waals surface area contributed by atoms with Gasteiger partial charge in [0, 0.05) is 24.5 Å². The normalized spacial score (nSPS) is 18.2. The predicted molar refractivity (Wildman–Crippen MR) is 123 cm³/mol. The summed E-state index contributed by atoms with van der Waals surface area (Å²) in [5, 5.41) is 7.63. The molecule has 2 aromatic carbocycles. The van der Waals surface area contributed by atoms with E-state index in [1.165, 1.54) is 16.0 Å². The summed E-state index contributed by atoms with van der Waals surface area (Å²) in [4.78, 5) is 16.7. The lowest BCUT2D eigenvalue weighted by Gasteiger charge is -2.28. The molecule has 2 N–H and O–H groups in total. The van der Waals surface area contributed by atoms with Crippen LogP contribution in [0.1, 0.15) is 38.1 Å². The van der Waals surface area contributed by atoms with Crippen molar-refractivity contribution in [1.29, 1.82) is 0 Å². The number of thiophene rings is 1. The fourth-order valence-electron chi connectivity index (χ4n) is 4.17. The smallest absolute Gasteiger partial charge is 0.256 e. The third-order valence-corrected chi connectivity index (χ3v) is 7.44. The Morgan fingerprint density at radius 1 is 1.20 bits per heavy atom. The molecular formula is C23H22BrN3O2S. The number of benzene rings is 2. The van der Waals surface area contributed by atoms with E-state index in [9.17, 15) is 4.79 Å². The average Bonchev–Trinajstić information content (AvgIpc) is 3.12. The van der Waals surface area contributed by atoms with Gasteiger partial charge in [0.25, 0.3) is 5.91 Å². The first kappa shape index (κ1) is 19.6. The van der Waals surface area contributed by atoms with E-state index in [1.54, 1.807) is 18.4 Å². The van der Waals surface area contributed by atoms with Crippen LogP contribution in [0.4, 0.5) is 5.00 Å². The molecule has 5 rings (SSSR count). The number of hydrogen-bond donors (Lipinski definition) is 2. The van der Waals surface area contributed by atoms with Crippen LogP contribution < -0.4 is 15.4 Å². The largest absolute Gasteiger partial charge is 0.496 e. The molecule has 0 aliphatic carbocycles. The van der Waals surface area contributed by atoms with E-state index in [0.29, 0.717) is 0 Å². The molecule has 2 aliphatic rings. The van der Waals surface area contributed by atoms with Crippen molar-refractivity contribution in [2.45, 2.75) is 25.7 Å². The minimum atomic E-state index is -0.257. The first-order valence-electron chi connectivity index (χ1n) is 9.94. The van der Waals surface area contributed by atoms with Gasteiger partial charge in [-0.15, -0.1) is 11.3 Å². The van der Waals surface area contributed by atoms with Crippen molar-refractivity contribution < 1.29 is 9.53 Å². The number of ether oxygens (including phenoxy) is 1. The van der Waals surface area contributed by atoms with E-state index in [-0.39, 0.29) is 12.1 Å². The summed E-state index contributed by atoms with van der Waals surface area (Å²) in [5.74, 6) is 0.779. The number of amides is 1. The van der Waals surface area contributed by atoms with Crippen LogP contribution >= 0.6 is 27.3 Å². The molecule has 2 aliphatic heterocycles. The standard InChI is InChI=1S/C23H22BrN3O2S/c1-29-18-8-7-15(11-17(18)24)21-25-22(28)20-16-9-10-27(12-14-5-3-2-4-6-14)13-19(16)30-23(20)26-21/h2-8,11,21,26H,9-10,12-13H2,1H3,(H,25,28)/t21-/m1/s1. The molecule has 154 valence electrons. The molecule has 0 bridgehead atoms. The van der Waals surface area contributed by atoms with E-state index < -0.39 is 0 Å². The van der Waals surface area contributed by atoms with Crippen LogP contribution in [0.2, 0.25) is 0 Å². The molecule has 1 amide bonds. The van der Waals surface area contributed by atoms with Crippen LogP contribution in [0.5, 0.6) is 5.75 Å². The van der Waals surface area contributed by atoms with Gasteiger partial charge in [0.15, 0.2) is 0 Å². The number of methoxy groups -OCH3 is 1. The first-order valence-corrected chi connectivity index (χ1v) is 11.5. The van der Waals surface area contributed by atoms with Gasteiger partial charge in [0.2, 0.25) is 0 Å². The predicted octanol–water partition coefficient (Wildman–Crippen LogP) is 4.93. The first-order chi connectivity index (χ1) is 14.6. The lowest BCUT2D eigenvalue weighted by molar-refractivity contribution is 0.0934. The number of halogens is 1. The fraction of sp³-hybridized carbons (Fsp3) is 0.261. The van der Waals surface area contributed by atoms with Crippen molar-refractivity contribution in [3.8, 4) is 5.75 Å². The molecule has 5 nitrogen and oxygen atoms in total. The summed E-state index contributed by atoms with van der Waals surface area (Å²) in [7, 11) is 1.64. The average molecular weight is 484 g/mol. The summed E-state index contributed by atoms with van der Waals surface area (Å²) in [5.41, 5.74) is 4.35. The number of hydrogen-bond acceptors (Lipinski definition) is 5. The molecule has 0 radical (unpaired) electrons. The van der Waals surface area contributed by atoms with E-state index >= 15 is 0 Å². The Hall–Kier alpha value is -2.35. The maximum atomic E-state index is 13.0. The van der Waals surface area contributed by atoms with E-state index in [2.05, 4.69) is 55.7 Å².